The molecule has 2 heterocycles. The standard InChI is InChI=1S/C15H19N2O2/c18-15(17-10-3-4-11-17)19-14-8-2-1-6-12(14)13-7-5-9-16-13/h1-2,6,8,13H,3-5,7,9-11H2/t13-/m0/s1. The first-order valence-electron chi connectivity index (χ1n) is 7.07. The second-order valence-corrected chi connectivity index (χ2v) is 5.16. The number of carbonyl (C=O) groups excluding carboxylic acids is 1. The molecule has 0 unspecified atom stereocenters. The number of hydrogen-bond donors (Lipinski definition) is 0. The van der Waals surface area contributed by atoms with Crippen molar-refractivity contribution in [1.29, 1.82) is 0 Å². The number of para-hydroxylation sites is 1. The zero-order valence-corrected chi connectivity index (χ0v) is 11.0. The van der Waals surface area contributed by atoms with Crippen LogP contribution < -0.4 is 10.1 Å². The highest BCUT2D eigenvalue weighted by molar-refractivity contribution is 5.71. The predicted molar refractivity (Wildman–Crippen MR) is 72.2 cm³/mol. The SMILES string of the molecule is O=C(Oc1ccccc1[C@@H]1CCC[N]1)N1CCCC1. The van der Waals surface area contributed by atoms with Gasteiger partial charge in [-0.3, -0.25) is 0 Å². The summed E-state index contributed by atoms with van der Waals surface area (Å²) in [6.07, 6.45) is 4.11. The lowest BCUT2D eigenvalue weighted by Gasteiger charge is -2.18. The minimum Gasteiger partial charge on any atom is -0.410 e. The second kappa shape index (κ2) is 5.61. The maximum absolute atomic E-state index is 12.1. The number of rotatable bonds is 2. The van der Waals surface area contributed by atoms with E-state index in [2.05, 4.69) is 5.32 Å². The fourth-order valence-corrected chi connectivity index (χ4v) is 2.78. The number of nitrogens with zero attached hydrogens (tertiary/aromatic N) is 2. The fourth-order valence-electron chi connectivity index (χ4n) is 2.78. The third kappa shape index (κ3) is 2.73. The highest BCUT2D eigenvalue weighted by Crippen LogP contribution is 2.32. The zero-order chi connectivity index (χ0) is 13.1. The van der Waals surface area contributed by atoms with Crippen LogP contribution in [0.1, 0.15) is 37.3 Å². The van der Waals surface area contributed by atoms with Gasteiger partial charge in [0, 0.05) is 25.2 Å². The smallest absolute Gasteiger partial charge is 0.410 e. The van der Waals surface area contributed by atoms with Crippen LogP contribution in [0.3, 0.4) is 0 Å². The number of amides is 1. The van der Waals surface area contributed by atoms with E-state index < -0.39 is 0 Å². The average molecular weight is 259 g/mol. The molecule has 3 rings (SSSR count). The van der Waals surface area contributed by atoms with Crippen molar-refractivity contribution in [3.05, 3.63) is 29.8 Å². The van der Waals surface area contributed by atoms with E-state index in [1.807, 2.05) is 24.3 Å². The maximum Gasteiger partial charge on any atom is 0.415 e. The summed E-state index contributed by atoms with van der Waals surface area (Å²) in [4.78, 5) is 13.8. The molecule has 0 spiro atoms. The van der Waals surface area contributed by atoms with Crippen LogP contribution >= 0.6 is 0 Å². The van der Waals surface area contributed by atoms with Crippen molar-refractivity contribution in [3.8, 4) is 5.75 Å². The summed E-state index contributed by atoms with van der Waals surface area (Å²) in [5.41, 5.74) is 1.05. The molecule has 0 N–H and O–H groups in total. The van der Waals surface area contributed by atoms with Gasteiger partial charge in [0.1, 0.15) is 5.75 Å². The Morgan fingerprint density at radius 2 is 2.00 bits per heavy atom. The molecule has 4 nitrogen and oxygen atoms in total. The molecule has 1 aromatic carbocycles. The molecular formula is C15H19N2O2. The van der Waals surface area contributed by atoms with Gasteiger partial charge in [0.05, 0.1) is 6.04 Å². The summed E-state index contributed by atoms with van der Waals surface area (Å²) in [7, 11) is 0. The normalized spacial score (nSPS) is 22.7. The molecule has 101 valence electrons. The van der Waals surface area contributed by atoms with Gasteiger partial charge in [-0.1, -0.05) is 18.2 Å². The highest BCUT2D eigenvalue weighted by Gasteiger charge is 2.24. The van der Waals surface area contributed by atoms with Gasteiger partial charge in [-0.2, -0.15) is 0 Å². The van der Waals surface area contributed by atoms with Gasteiger partial charge in [-0.05, 0) is 31.7 Å². The predicted octanol–water partition coefficient (Wildman–Crippen LogP) is 2.72. The molecule has 1 aromatic rings. The second-order valence-electron chi connectivity index (χ2n) is 5.16. The van der Waals surface area contributed by atoms with Crippen LogP contribution in [-0.2, 0) is 0 Å². The van der Waals surface area contributed by atoms with E-state index >= 15 is 0 Å². The lowest BCUT2D eigenvalue weighted by molar-refractivity contribution is 0.162. The number of benzene rings is 1. The Kier molecular flexibility index (Phi) is 3.69. The van der Waals surface area contributed by atoms with Crippen LogP contribution in [0.4, 0.5) is 4.79 Å². The van der Waals surface area contributed by atoms with Gasteiger partial charge in [0.2, 0.25) is 0 Å². The molecule has 2 aliphatic heterocycles. The van der Waals surface area contributed by atoms with Crippen LogP contribution in [0.2, 0.25) is 0 Å². The van der Waals surface area contributed by atoms with E-state index in [0.717, 1.165) is 50.9 Å². The first-order chi connectivity index (χ1) is 9.34. The van der Waals surface area contributed by atoms with E-state index in [1.165, 1.54) is 0 Å². The molecule has 2 fully saturated rings. The topological polar surface area (TPSA) is 43.6 Å². The quantitative estimate of drug-likeness (QED) is 0.819. The molecule has 0 aromatic heterocycles. The monoisotopic (exact) mass is 259 g/mol. The summed E-state index contributed by atoms with van der Waals surface area (Å²) in [5, 5.41) is 4.57. The van der Waals surface area contributed by atoms with Gasteiger partial charge < -0.3 is 9.64 Å². The molecule has 0 bridgehead atoms. The lowest BCUT2D eigenvalue weighted by atomic mass is 10.0. The summed E-state index contributed by atoms with van der Waals surface area (Å²) in [6, 6.07) is 7.98. The van der Waals surface area contributed by atoms with Gasteiger partial charge in [-0.25, -0.2) is 10.1 Å². The van der Waals surface area contributed by atoms with Gasteiger partial charge >= 0.3 is 6.09 Å². The van der Waals surface area contributed by atoms with Crippen molar-refractivity contribution in [3.63, 3.8) is 0 Å². The van der Waals surface area contributed by atoms with Crippen LogP contribution in [0, 0.1) is 0 Å². The van der Waals surface area contributed by atoms with Crippen LogP contribution in [0.15, 0.2) is 24.3 Å². The van der Waals surface area contributed by atoms with E-state index in [4.69, 9.17) is 4.74 Å². The van der Waals surface area contributed by atoms with Crippen LogP contribution in [0.5, 0.6) is 5.75 Å². The maximum atomic E-state index is 12.1. The first-order valence-corrected chi connectivity index (χ1v) is 7.07. The van der Waals surface area contributed by atoms with Crippen molar-refractivity contribution in [2.45, 2.75) is 31.7 Å². The molecular weight excluding hydrogens is 240 g/mol. The molecule has 1 radical (unpaired) electrons. The first kappa shape index (κ1) is 12.5. The molecule has 2 aliphatic rings. The van der Waals surface area contributed by atoms with Gasteiger partial charge in [-0.15, -0.1) is 0 Å². The Balaban J connectivity index is 1.74. The van der Waals surface area contributed by atoms with Crippen molar-refractivity contribution in [2.24, 2.45) is 0 Å². The Labute approximate surface area is 113 Å². The number of carbonyl (C=O) groups is 1. The number of hydrogen-bond acceptors (Lipinski definition) is 2. The summed E-state index contributed by atoms with van der Waals surface area (Å²) >= 11 is 0. The van der Waals surface area contributed by atoms with Crippen molar-refractivity contribution in [1.82, 2.24) is 10.2 Å². The third-order valence-corrected chi connectivity index (χ3v) is 3.82. The Hall–Kier alpha value is -1.55. The van der Waals surface area contributed by atoms with Crippen molar-refractivity contribution >= 4 is 6.09 Å². The molecule has 19 heavy (non-hydrogen) atoms. The van der Waals surface area contributed by atoms with Crippen LogP contribution in [-0.4, -0.2) is 30.6 Å². The third-order valence-electron chi connectivity index (χ3n) is 3.82. The van der Waals surface area contributed by atoms with E-state index in [0.29, 0.717) is 5.75 Å². The highest BCUT2D eigenvalue weighted by atomic mass is 16.6. The van der Waals surface area contributed by atoms with E-state index in [-0.39, 0.29) is 12.1 Å². The van der Waals surface area contributed by atoms with Gasteiger partial charge in [0.15, 0.2) is 0 Å². The lowest BCUT2D eigenvalue weighted by Crippen LogP contribution is -2.31. The zero-order valence-electron chi connectivity index (χ0n) is 11.0. The molecule has 1 amide bonds. The Bertz CT molecular complexity index is 449. The van der Waals surface area contributed by atoms with Crippen LogP contribution in [0.25, 0.3) is 0 Å². The molecule has 2 saturated heterocycles. The molecule has 0 aliphatic carbocycles. The summed E-state index contributed by atoms with van der Waals surface area (Å²) in [5.74, 6) is 0.676. The Morgan fingerprint density at radius 1 is 1.21 bits per heavy atom. The van der Waals surface area contributed by atoms with E-state index in [9.17, 15) is 4.79 Å². The minimum absolute atomic E-state index is 0.197. The molecule has 0 saturated carbocycles. The molecule has 4 heteroatoms. The number of likely N-dealkylation sites (tertiary alicyclic amines) is 1. The Morgan fingerprint density at radius 3 is 2.74 bits per heavy atom. The largest absolute Gasteiger partial charge is 0.415 e. The van der Waals surface area contributed by atoms with Crippen molar-refractivity contribution in [2.75, 3.05) is 19.6 Å². The summed E-state index contributed by atoms with van der Waals surface area (Å²) in [6.45, 7) is 2.54. The van der Waals surface area contributed by atoms with Gasteiger partial charge in [0.25, 0.3) is 0 Å². The summed E-state index contributed by atoms with van der Waals surface area (Å²) < 4.78 is 5.57. The average Bonchev–Trinajstić information content (AvgIpc) is 3.13. The number of ether oxygens (including phenoxy) is 1. The van der Waals surface area contributed by atoms with E-state index in [1.54, 1.807) is 4.90 Å². The van der Waals surface area contributed by atoms with Crippen molar-refractivity contribution < 1.29 is 9.53 Å². The molecule has 1 atom stereocenters. The fraction of sp³-hybridized carbons (Fsp3) is 0.533. The minimum atomic E-state index is -0.219.